The van der Waals surface area contributed by atoms with Crippen molar-refractivity contribution in [3.63, 3.8) is 0 Å². The van der Waals surface area contributed by atoms with Gasteiger partial charge < -0.3 is 14.7 Å². The number of nitrogens with zero attached hydrogens (tertiary/aromatic N) is 1. The van der Waals surface area contributed by atoms with E-state index in [9.17, 15) is 9.90 Å². The van der Waals surface area contributed by atoms with Gasteiger partial charge in [0.2, 0.25) is 5.91 Å². The number of carbonyl (C=O) groups excluding carboxylic acids is 1. The van der Waals surface area contributed by atoms with Crippen molar-refractivity contribution >= 4 is 5.91 Å². The SMILES string of the molecule is CCCCCCCCC(=O)N(C)CC1(O)CCOCC1. The van der Waals surface area contributed by atoms with Gasteiger partial charge in [0.15, 0.2) is 0 Å². The molecule has 0 bridgehead atoms. The number of hydrogen-bond acceptors (Lipinski definition) is 3. The molecule has 0 aliphatic carbocycles. The molecule has 1 heterocycles. The van der Waals surface area contributed by atoms with Crippen molar-refractivity contribution in [1.29, 1.82) is 0 Å². The summed E-state index contributed by atoms with van der Waals surface area (Å²) in [4.78, 5) is 13.7. The number of carbonyl (C=O) groups is 1. The fourth-order valence-corrected chi connectivity index (χ4v) is 2.69. The van der Waals surface area contributed by atoms with Gasteiger partial charge in [-0.05, 0) is 6.42 Å². The minimum absolute atomic E-state index is 0.153. The minimum atomic E-state index is -0.746. The molecule has 0 atom stereocenters. The van der Waals surface area contributed by atoms with Crippen LogP contribution >= 0.6 is 0 Å². The molecule has 0 aromatic carbocycles. The number of likely N-dealkylation sites (N-methyl/N-ethyl adjacent to an activating group) is 1. The third-order valence-corrected chi connectivity index (χ3v) is 4.12. The highest BCUT2D eigenvalue weighted by atomic mass is 16.5. The summed E-state index contributed by atoms with van der Waals surface area (Å²) < 4.78 is 5.26. The number of unbranched alkanes of at least 4 members (excludes halogenated alkanes) is 5. The normalized spacial score (nSPS) is 17.9. The molecule has 1 saturated heterocycles. The van der Waals surface area contributed by atoms with Crippen molar-refractivity contribution in [3.8, 4) is 0 Å². The fraction of sp³-hybridized carbons (Fsp3) is 0.938. The standard InChI is InChI=1S/C16H31NO3/c1-3-4-5-6-7-8-9-15(18)17(2)14-16(19)10-12-20-13-11-16/h19H,3-14H2,1-2H3. The van der Waals surface area contributed by atoms with Gasteiger partial charge in [-0.2, -0.15) is 0 Å². The van der Waals surface area contributed by atoms with E-state index in [0.29, 0.717) is 39.0 Å². The smallest absolute Gasteiger partial charge is 0.222 e. The molecule has 0 spiro atoms. The van der Waals surface area contributed by atoms with E-state index in [1.54, 1.807) is 11.9 Å². The lowest BCUT2D eigenvalue weighted by Crippen LogP contribution is -2.47. The first-order chi connectivity index (χ1) is 9.57. The van der Waals surface area contributed by atoms with Crippen LogP contribution in [0.2, 0.25) is 0 Å². The Morgan fingerprint density at radius 2 is 1.75 bits per heavy atom. The molecule has 4 nitrogen and oxygen atoms in total. The summed E-state index contributed by atoms with van der Waals surface area (Å²) >= 11 is 0. The Hall–Kier alpha value is -0.610. The zero-order valence-electron chi connectivity index (χ0n) is 13.2. The summed E-state index contributed by atoms with van der Waals surface area (Å²) in [6.07, 6.45) is 9.02. The summed E-state index contributed by atoms with van der Waals surface area (Å²) in [5.41, 5.74) is -0.746. The van der Waals surface area contributed by atoms with Crippen LogP contribution in [0.1, 0.15) is 64.7 Å². The maximum Gasteiger partial charge on any atom is 0.222 e. The predicted octanol–water partition coefficient (Wildman–Crippen LogP) is 2.74. The second-order valence-corrected chi connectivity index (χ2v) is 6.10. The van der Waals surface area contributed by atoms with Crippen molar-refractivity contribution in [2.75, 3.05) is 26.8 Å². The third kappa shape index (κ3) is 6.71. The first kappa shape index (κ1) is 17.4. The van der Waals surface area contributed by atoms with Crippen LogP contribution in [0.15, 0.2) is 0 Å². The van der Waals surface area contributed by atoms with Gasteiger partial charge in [-0.1, -0.05) is 39.0 Å². The lowest BCUT2D eigenvalue weighted by atomic mass is 9.94. The average molecular weight is 285 g/mol. The van der Waals surface area contributed by atoms with Crippen molar-refractivity contribution in [1.82, 2.24) is 4.90 Å². The molecule has 1 rings (SSSR count). The largest absolute Gasteiger partial charge is 0.388 e. The Labute approximate surface area is 123 Å². The van der Waals surface area contributed by atoms with Crippen LogP contribution in [0.4, 0.5) is 0 Å². The van der Waals surface area contributed by atoms with Gasteiger partial charge in [0.1, 0.15) is 0 Å². The van der Waals surface area contributed by atoms with Crippen LogP contribution < -0.4 is 0 Å². The summed E-state index contributed by atoms with van der Waals surface area (Å²) in [6, 6.07) is 0. The molecule has 1 aliphatic heterocycles. The van der Waals surface area contributed by atoms with E-state index in [4.69, 9.17) is 4.74 Å². The molecule has 0 radical (unpaired) electrons. The van der Waals surface area contributed by atoms with Crippen molar-refractivity contribution in [3.05, 3.63) is 0 Å². The highest BCUT2D eigenvalue weighted by Gasteiger charge is 2.32. The van der Waals surface area contributed by atoms with E-state index in [2.05, 4.69) is 6.92 Å². The summed E-state index contributed by atoms with van der Waals surface area (Å²) in [5.74, 6) is 0.153. The van der Waals surface area contributed by atoms with E-state index in [1.807, 2.05) is 0 Å². The van der Waals surface area contributed by atoms with E-state index >= 15 is 0 Å². The van der Waals surface area contributed by atoms with Crippen molar-refractivity contribution < 1.29 is 14.6 Å². The first-order valence-electron chi connectivity index (χ1n) is 8.11. The first-order valence-corrected chi connectivity index (χ1v) is 8.11. The van der Waals surface area contributed by atoms with Gasteiger partial charge in [0, 0.05) is 46.1 Å². The molecule has 1 aliphatic rings. The Bertz CT molecular complexity index is 275. The molecule has 0 aromatic rings. The lowest BCUT2D eigenvalue weighted by Gasteiger charge is -2.35. The molecule has 118 valence electrons. The van der Waals surface area contributed by atoms with Gasteiger partial charge in [0.05, 0.1) is 5.60 Å². The number of amides is 1. The fourth-order valence-electron chi connectivity index (χ4n) is 2.69. The van der Waals surface area contributed by atoms with Gasteiger partial charge >= 0.3 is 0 Å². The van der Waals surface area contributed by atoms with Crippen molar-refractivity contribution in [2.45, 2.75) is 70.3 Å². The molecule has 1 fully saturated rings. The molecule has 0 saturated carbocycles. The number of ether oxygens (including phenoxy) is 1. The minimum Gasteiger partial charge on any atom is -0.388 e. The van der Waals surface area contributed by atoms with Crippen LogP contribution in [0, 0.1) is 0 Å². The maximum absolute atomic E-state index is 12.0. The molecule has 1 amide bonds. The number of aliphatic hydroxyl groups is 1. The molecule has 20 heavy (non-hydrogen) atoms. The molecular weight excluding hydrogens is 254 g/mol. The predicted molar refractivity (Wildman–Crippen MR) is 80.6 cm³/mol. The van der Waals surface area contributed by atoms with Crippen LogP contribution in [-0.4, -0.2) is 48.3 Å². The van der Waals surface area contributed by atoms with Gasteiger partial charge in [-0.15, -0.1) is 0 Å². The quantitative estimate of drug-likeness (QED) is 0.663. The highest BCUT2D eigenvalue weighted by Crippen LogP contribution is 2.21. The number of rotatable bonds is 9. The van der Waals surface area contributed by atoms with E-state index in [0.717, 1.165) is 12.8 Å². The molecule has 0 unspecified atom stereocenters. The Kier molecular flexibility index (Phi) is 8.15. The molecular formula is C16H31NO3. The van der Waals surface area contributed by atoms with E-state index < -0.39 is 5.60 Å². The zero-order valence-corrected chi connectivity index (χ0v) is 13.2. The molecule has 0 aromatic heterocycles. The second-order valence-electron chi connectivity index (χ2n) is 6.10. The molecule has 1 N–H and O–H groups in total. The van der Waals surface area contributed by atoms with Gasteiger partial charge in [-0.3, -0.25) is 4.79 Å². The average Bonchev–Trinajstić information content (AvgIpc) is 2.42. The van der Waals surface area contributed by atoms with Crippen LogP contribution in [0.25, 0.3) is 0 Å². The lowest BCUT2D eigenvalue weighted by molar-refractivity contribution is -0.136. The third-order valence-electron chi connectivity index (χ3n) is 4.12. The van der Waals surface area contributed by atoms with Crippen LogP contribution in [-0.2, 0) is 9.53 Å². The van der Waals surface area contributed by atoms with E-state index in [1.165, 1.54) is 25.7 Å². The second kappa shape index (κ2) is 9.35. The van der Waals surface area contributed by atoms with Crippen LogP contribution in [0.3, 0.4) is 0 Å². The Balaban J connectivity index is 2.15. The summed E-state index contributed by atoms with van der Waals surface area (Å²) in [5, 5.41) is 10.4. The highest BCUT2D eigenvalue weighted by molar-refractivity contribution is 5.75. The Morgan fingerprint density at radius 1 is 1.15 bits per heavy atom. The maximum atomic E-state index is 12.0. The van der Waals surface area contributed by atoms with Crippen LogP contribution in [0.5, 0.6) is 0 Å². The Morgan fingerprint density at radius 3 is 2.40 bits per heavy atom. The molecule has 4 heteroatoms. The van der Waals surface area contributed by atoms with Crippen molar-refractivity contribution in [2.24, 2.45) is 0 Å². The zero-order chi connectivity index (χ0) is 14.8. The summed E-state index contributed by atoms with van der Waals surface area (Å²) in [6.45, 7) is 3.83. The number of hydrogen-bond donors (Lipinski definition) is 1. The summed E-state index contributed by atoms with van der Waals surface area (Å²) in [7, 11) is 1.80. The van der Waals surface area contributed by atoms with Gasteiger partial charge in [0.25, 0.3) is 0 Å². The monoisotopic (exact) mass is 285 g/mol. The topological polar surface area (TPSA) is 49.8 Å². The van der Waals surface area contributed by atoms with E-state index in [-0.39, 0.29) is 5.91 Å². The van der Waals surface area contributed by atoms with Gasteiger partial charge in [-0.25, -0.2) is 0 Å².